The van der Waals surface area contributed by atoms with Gasteiger partial charge in [-0.1, -0.05) is 30.3 Å². The Balaban J connectivity index is 2.15. The maximum Gasteiger partial charge on any atom is 0.224 e. The fourth-order valence-corrected chi connectivity index (χ4v) is 2.33. The van der Waals surface area contributed by atoms with Crippen LogP contribution in [0.5, 0.6) is 0 Å². The molecule has 0 aromatic heterocycles. The highest BCUT2D eigenvalue weighted by Gasteiger charge is 2.30. The smallest absolute Gasteiger partial charge is 0.224 e. The summed E-state index contributed by atoms with van der Waals surface area (Å²) in [4.78, 5) is 13.6. The molecule has 2 atom stereocenters. The van der Waals surface area contributed by atoms with Crippen molar-refractivity contribution in [3.63, 3.8) is 0 Å². The first kappa shape index (κ1) is 10.6. The maximum atomic E-state index is 11.7. The molecule has 80 valence electrons. The topological polar surface area (TPSA) is 20.3 Å². The highest BCUT2D eigenvalue weighted by atomic mass is 32.1. The molecule has 1 aliphatic heterocycles. The van der Waals surface area contributed by atoms with Gasteiger partial charge in [-0.2, -0.15) is 12.6 Å². The minimum atomic E-state index is 0.163. The molecule has 15 heavy (non-hydrogen) atoms. The molecule has 0 spiro atoms. The molecule has 0 aliphatic carbocycles. The van der Waals surface area contributed by atoms with Gasteiger partial charge in [0.1, 0.15) is 0 Å². The van der Waals surface area contributed by atoms with Gasteiger partial charge in [-0.3, -0.25) is 4.79 Å². The van der Waals surface area contributed by atoms with Gasteiger partial charge in [0, 0.05) is 18.2 Å². The zero-order valence-corrected chi connectivity index (χ0v) is 9.65. The van der Waals surface area contributed by atoms with E-state index in [2.05, 4.69) is 31.7 Å². The number of likely N-dealkylation sites (tertiary alicyclic amines) is 1. The number of nitrogens with zero attached hydrogens (tertiary/aromatic N) is 1. The van der Waals surface area contributed by atoms with Gasteiger partial charge < -0.3 is 4.90 Å². The number of hydrogen-bond donors (Lipinski definition) is 1. The summed E-state index contributed by atoms with van der Waals surface area (Å²) in [6, 6.07) is 10.3. The second-order valence-electron chi connectivity index (χ2n) is 3.99. The van der Waals surface area contributed by atoms with E-state index >= 15 is 0 Å². The van der Waals surface area contributed by atoms with E-state index in [-0.39, 0.29) is 17.2 Å². The number of hydrogen-bond acceptors (Lipinski definition) is 2. The van der Waals surface area contributed by atoms with Gasteiger partial charge in [0.05, 0.1) is 6.04 Å². The van der Waals surface area contributed by atoms with Gasteiger partial charge in [0.15, 0.2) is 0 Å². The van der Waals surface area contributed by atoms with Crippen LogP contribution >= 0.6 is 12.6 Å². The van der Waals surface area contributed by atoms with Crippen LogP contribution in [-0.4, -0.2) is 22.6 Å². The molecule has 0 bridgehead atoms. The van der Waals surface area contributed by atoms with Crippen molar-refractivity contribution in [3.8, 4) is 0 Å². The number of carbonyl (C=O) groups excluding carboxylic acids is 1. The number of benzene rings is 1. The first-order valence-electron chi connectivity index (χ1n) is 5.21. The van der Waals surface area contributed by atoms with Crippen LogP contribution in [0.3, 0.4) is 0 Å². The van der Waals surface area contributed by atoms with E-state index in [0.29, 0.717) is 6.42 Å². The van der Waals surface area contributed by atoms with Crippen molar-refractivity contribution in [2.75, 3.05) is 6.54 Å². The molecule has 1 aromatic carbocycles. The molecule has 2 nitrogen and oxygen atoms in total. The largest absolute Gasteiger partial charge is 0.335 e. The summed E-state index contributed by atoms with van der Waals surface area (Å²) in [5.74, 6) is 0.214. The summed E-state index contributed by atoms with van der Waals surface area (Å²) in [6.45, 7) is 2.83. The van der Waals surface area contributed by atoms with Crippen LogP contribution in [-0.2, 0) is 4.79 Å². The van der Waals surface area contributed by atoms with E-state index < -0.39 is 0 Å². The lowest BCUT2D eigenvalue weighted by Gasteiger charge is -2.24. The Bertz CT molecular complexity index is 352. The lowest BCUT2D eigenvalue weighted by Crippen LogP contribution is -2.28. The van der Waals surface area contributed by atoms with Crippen LogP contribution in [0.1, 0.15) is 24.9 Å². The Labute approximate surface area is 95.7 Å². The molecule has 3 heteroatoms. The van der Waals surface area contributed by atoms with Crippen molar-refractivity contribution in [3.05, 3.63) is 35.9 Å². The molecule has 0 N–H and O–H groups in total. The van der Waals surface area contributed by atoms with Crippen LogP contribution in [0, 0.1) is 0 Å². The third-order valence-electron chi connectivity index (χ3n) is 2.89. The van der Waals surface area contributed by atoms with E-state index in [4.69, 9.17) is 0 Å². The number of rotatable bonds is 2. The van der Waals surface area contributed by atoms with Crippen molar-refractivity contribution in [1.82, 2.24) is 4.90 Å². The molecule has 1 aromatic rings. The fraction of sp³-hybridized carbons (Fsp3) is 0.417. The van der Waals surface area contributed by atoms with Gasteiger partial charge in [-0.05, 0) is 12.5 Å². The SMILES string of the molecule is CC(c1ccccc1)N1CC(S)CC1=O. The van der Waals surface area contributed by atoms with Crippen LogP contribution in [0.2, 0.25) is 0 Å². The molecule has 2 unspecified atom stereocenters. The average molecular weight is 221 g/mol. The molecule has 0 radical (unpaired) electrons. The van der Waals surface area contributed by atoms with Gasteiger partial charge in [0.2, 0.25) is 5.91 Å². The minimum absolute atomic E-state index is 0.163. The lowest BCUT2D eigenvalue weighted by molar-refractivity contribution is -0.129. The molecule has 1 amide bonds. The van der Waals surface area contributed by atoms with Crippen molar-refractivity contribution in [2.45, 2.75) is 24.6 Å². The highest BCUT2D eigenvalue weighted by molar-refractivity contribution is 7.81. The monoisotopic (exact) mass is 221 g/mol. The predicted octanol–water partition coefficient (Wildman–Crippen LogP) is 2.28. The van der Waals surface area contributed by atoms with Crippen molar-refractivity contribution in [1.29, 1.82) is 0 Å². The first-order chi connectivity index (χ1) is 7.18. The van der Waals surface area contributed by atoms with E-state index in [1.54, 1.807) is 0 Å². The van der Waals surface area contributed by atoms with E-state index in [0.717, 1.165) is 6.54 Å². The summed E-state index contributed by atoms with van der Waals surface area (Å²) in [5, 5.41) is 0.198. The van der Waals surface area contributed by atoms with Crippen molar-refractivity contribution < 1.29 is 4.79 Å². The lowest BCUT2D eigenvalue weighted by atomic mass is 10.1. The van der Waals surface area contributed by atoms with Gasteiger partial charge in [0.25, 0.3) is 0 Å². The Morgan fingerprint density at radius 1 is 1.40 bits per heavy atom. The molecular formula is C12H15NOS. The standard InChI is InChI=1S/C12H15NOS/c1-9(10-5-3-2-4-6-10)13-8-11(15)7-12(13)14/h2-6,9,11,15H,7-8H2,1H3. The fourth-order valence-electron chi connectivity index (χ4n) is 2.00. The van der Waals surface area contributed by atoms with Crippen LogP contribution in [0.15, 0.2) is 30.3 Å². The molecule has 1 fully saturated rings. The Kier molecular flexibility index (Phi) is 3.00. The third kappa shape index (κ3) is 2.17. The summed E-state index contributed by atoms with van der Waals surface area (Å²) < 4.78 is 0. The van der Waals surface area contributed by atoms with Gasteiger partial charge in [-0.25, -0.2) is 0 Å². The van der Waals surface area contributed by atoms with E-state index in [1.807, 2.05) is 23.1 Å². The summed E-state index contributed by atoms with van der Waals surface area (Å²) in [6.07, 6.45) is 0.570. The number of carbonyl (C=O) groups is 1. The van der Waals surface area contributed by atoms with Crippen molar-refractivity contribution in [2.24, 2.45) is 0 Å². The third-order valence-corrected chi connectivity index (χ3v) is 3.23. The molecular weight excluding hydrogens is 206 g/mol. The maximum absolute atomic E-state index is 11.7. The number of thiol groups is 1. The van der Waals surface area contributed by atoms with Gasteiger partial charge >= 0.3 is 0 Å². The summed E-state index contributed by atoms with van der Waals surface area (Å²) in [7, 11) is 0. The summed E-state index contributed by atoms with van der Waals surface area (Å²) >= 11 is 4.36. The average Bonchev–Trinajstić information content (AvgIpc) is 2.58. The van der Waals surface area contributed by atoms with Crippen molar-refractivity contribution >= 4 is 18.5 Å². The normalized spacial score (nSPS) is 23.2. The molecule has 2 rings (SSSR count). The second kappa shape index (κ2) is 4.27. The van der Waals surface area contributed by atoms with Crippen LogP contribution in [0.25, 0.3) is 0 Å². The predicted molar refractivity (Wildman–Crippen MR) is 64.0 cm³/mol. The number of amides is 1. The van der Waals surface area contributed by atoms with Crippen LogP contribution in [0.4, 0.5) is 0 Å². The quantitative estimate of drug-likeness (QED) is 0.760. The molecule has 1 heterocycles. The molecule has 1 aliphatic rings. The first-order valence-corrected chi connectivity index (χ1v) is 5.72. The zero-order chi connectivity index (χ0) is 10.8. The Morgan fingerprint density at radius 3 is 2.60 bits per heavy atom. The van der Waals surface area contributed by atoms with Crippen LogP contribution < -0.4 is 0 Å². The second-order valence-corrected chi connectivity index (χ2v) is 4.72. The zero-order valence-electron chi connectivity index (χ0n) is 8.76. The summed E-state index contributed by atoms with van der Waals surface area (Å²) in [5.41, 5.74) is 1.19. The Hall–Kier alpha value is -0.960. The van der Waals surface area contributed by atoms with Gasteiger partial charge in [-0.15, -0.1) is 0 Å². The Morgan fingerprint density at radius 2 is 2.07 bits per heavy atom. The molecule has 1 saturated heterocycles. The minimum Gasteiger partial charge on any atom is -0.335 e. The van der Waals surface area contributed by atoms with E-state index in [9.17, 15) is 4.79 Å². The van der Waals surface area contributed by atoms with E-state index in [1.165, 1.54) is 5.56 Å². The molecule has 0 saturated carbocycles. The highest BCUT2D eigenvalue weighted by Crippen LogP contribution is 2.27.